The molecule has 1 unspecified atom stereocenters. The van der Waals surface area contributed by atoms with Crippen LogP contribution in [-0.2, 0) is 11.8 Å². The molecule has 0 radical (unpaired) electrons. The molecule has 0 saturated carbocycles. The summed E-state index contributed by atoms with van der Waals surface area (Å²) in [7, 11) is 3.44. The van der Waals surface area contributed by atoms with Crippen molar-refractivity contribution in [2.24, 2.45) is 7.05 Å². The Kier molecular flexibility index (Phi) is 5.64. The highest BCUT2D eigenvalue weighted by molar-refractivity contribution is 9.09. The van der Waals surface area contributed by atoms with Crippen LogP contribution in [0.3, 0.4) is 0 Å². The van der Waals surface area contributed by atoms with Gasteiger partial charge in [-0.3, -0.25) is 9.48 Å². The first-order chi connectivity index (χ1) is 8.10. The summed E-state index contributed by atoms with van der Waals surface area (Å²) < 4.78 is 6.76. The minimum Gasteiger partial charge on any atom is -0.383 e. The first kappa shape index (κ1) is 14.2. The topological polar surface area (TPSA) is 56.1 Å². The maximum atomic E-state index is 12.0. The molecule has 1 aromatic heterocycles. The van der Waals surface area contributed by atoms with E-state index in [1.165, 1.54) is 0 Å². The number of amides is 1. The zero-order valence-corrected chi connectivity index (χ0v) is 12.0. The second kappa shape index (κ2) is 6.76. The van der Waals surface area contributed by atoms with Crippen LogP contribution in [0.15, 0.2) is 6.20 Å². The van der Waals surface area contributed by atoms with Crippen LogP contribution in [0, 0.1) is 6.92 Å². The van der Waals surface area contributed by atoms with E-state index < -0.39 is 0 Å². The smallest absolute Gasteiger partial charge is 0.255 e. The van der Waals surface area contributed by atoms with Crippen LogP contribution >= 0.6 is 15.9 Å². The molecule has 0 aliphatic carbocycles. The summed E-state index contributed by atoms with van der Waals surface area (Å²) in [5.41, 5.74) is 1.47. The highest BCUT2D eigenvalue weighted by atomic mass is 79.9. The molecule has 17 heavy (non-hydrogen) atoms. The van der Waals surface area contributed by atoms with Crippen LogP contribution < -0.4 is 5.32 Å². The lowest BCUT2D eigenvalue weighted by atomic mass is 10.2. The van der Waals surface area contributed by atoms with Gasteiger partial charge in [-0.2, -0.15) is 5.10 Å². The van der Waals surface area contributed by atoms with Crippen LogP contribution in [-0.4, -0.2) is 40.8 Å². The first-order valence-corrected chi connectivity index (χ1v) is 6.56. The van der Waals surface area contributed by atoms with Crippen molar-refractivity contribution in [3.05, 3.63) is 17.5 Å². The summed E-state index contributed by atoms with van der Waals surface area (Å²) in [5, 5.41) is 7.82. The average molecular weight is 304 g/mol. The molecule has 0 spiro atoms. The van der Waals surface area contributed by atoms with Gasteiger partial charge in [-0.25, -0.2) is 0 Å². The van der Waals surface area contributed by atoms with E-state index in [4.69, 9.17) is 4.74 Å². The molecule has 1 amide bonds. The fraction of sp³-hybridized carbons (Fsp3) is 0.636. The van der Waals surface area contributed by atoms with Gasteiger partial charge in [0.25, 0.3) is 5.91 Å². The van der Waals surface area contributed by atoms with Gasteiger partial charge in [0.1, 0.15) is 0 Å². The van der Waals surface area contributed by atoms with Gasteiger partial charge in [0, 0.05) is 25.2 Å². The predicted octanol–water partition coefficient (Wildman–Crippen LogP) is 1.26. The van der Waals surface area contributed by atoms with Gasteiger partial charge >= 0.3 is 0 Å². The number of nitrogens with zero attached hydrogens (tertiary/aromatic N) is 2. The first-order valence-electron chi connectivity index (χ1n) is 5.44. The molecule has 1 N–H and O–H groups in total. The number of methoxy groups -OCH3 is 1. The lowest BCUT2D eigenvalue weighted by molar-refractivity contribution is 0.0894. The minimum absolute atomic E-state index is 0.0199. The molecule has 0 aromatic carbocycles. The second-order valence-electron chi connectivity index (χ2n) is 3.87. The summed E-state index contributed by atoms with van der Waals surface area (Å²) in [6.07, 6.45) is 2.42. The minimum atomic E-state index is -0.0985. The number of hydrogen-bond donors (Lipinski definition) is 1. The van der Waals surface area contributed by atoms with E-state index in [0.29, 0.717) is 12.2 Å². The van der Waals surface area contributed by atoms with Crippen molar-refractivity contribution in [2.75, 3.05) is 19.0 Å². The van der Waals surface area contributed by atoms with Gasteiger partial charge in [-0.1, -0.05) is 15.9 Å². The Morgan fingerprint density at radius 2 is 2.41 bits per heavy atom. The van der Waals surface area contributed by atoms with Gasteiger partial charge in [0.05, 0.1) is 24.4 Å². The Morgan fingerprint density at radius 1 is 1.71 bits per heavy atom. The van der Waals surface area contributed by atoms with E-state index in [2.05, 4.69) is 26.3 Å². The number of nitrogens with one attached hydrogen (secondary N) is 1. The largest absolute Gasteiger partial charge is 0.383 e. The maximum absolute atomic E-state index is 12.0. The number of aromatic nitrogens is 2. The highest BCUT2D eigenvalue weighted by Gasteiger charge is 2.16. The molecule has 0 saturated heterocycles. The molecule has 0 bridgehead atoms. The number of ether oxygens (including phenoxy) is 1. The summed E-state index contributed by atoms with van der Waals surface area (Å²) >= 11 is 3.36. The molecule has 6 heteroatoms. The van der Waals surface area contributed by atoms with E-state index in [0.717, 1.165) is 17.4 Å². The fourth-order valence-electron chi connectivity index (χ4n) is 1.51. The summed E-state index contributed by atoms with van der Waals surface area (Å²) in [4.78, 5) is 12.0. The van der Waals surface area contributed by atoms with Crippen molar-refractivity contribution in [3.63, 3.8) is 0 Å². The third-order valence-electron chi connectivity index (χ3n) is 2.64. The van der Waals surface area contributed by atoms with Crippen LogP contribution in [0.5, 0.6) is 0 Å². The molecule has 1 heterocycles. The number of carbonyl (C=O) groups is 1. The molecular weight excluding hydrogens is 286 g/mol. The second-order valence-corrected chi connectivity index (χ2v) is 4.66. The van der Waals surface area contributed by atoms with E-state index in [9.17, 15) is 4.79 Å². The number of hydrogen-bond acceptors (Lipinski definition) is 3. The van der Waals surface area contributed by atoms with E-state index in [1.54, 1.807) is 18.0 Å². The molecule has 1 rings (SSSR count). The third-order valence-corrected chi connectivity index (χ3v) is 3.10. The molecule has 5 nitrogen and oxygen atoms in total. The Balaban J connectivity index is 2.66. The molecule has 96 valence electrons. The third kappa shape index (κ3) is 3.81. The molecular formula is C11H18BrN3O2. The van der Waals surface area contributed by atoms with Gasteiger partial charge in [0.15, 0.2) is 0 Å². The zero-order valence-electron chi connectivity index (χ0n) is 10.4. The number of halogens is 1. The van der Waals surface area contributed by atoms with Gasteiger partial charge in [-0.15, -0.1) is 0 Å². The van der Waals surface area contributed by atoms with Crippen LogP contribution in [0.25, 0.3) is 0 Å². The molecule has 1 aromatic rings. The summed E-state index contributed by atoms with van der Waals surface area (Å²) in [6, 6.07) is 0.0199. The van der Waals surface area contributed by atoms with Crippen molar-refractivity contribution in [1.82, 2.24) is 15.1 Å². The lowest BCUT2D eigenvalue weighted by Crippen LogP contribution is -2.38. The summed E-state index contributed by atoms with van der Waals surface area (Å²) in [5.74, 6) is -0.0985. The van der Waals surface area contributed by atoms with Crippen molar-refractivity contribution in [3.8, 4) is 0 Å². The maximum Gasteiger partial charge on any atom is 0.255 e. The van der Waals surface area contributed by atoms with Gasteiger partial charge in [0.2, 0.25) is 0 Å². The average Bonchev–Trinajstić information content (AvgIpc) is 2.60. The van der Waals surface area contributed by atoms with E-state index in [-0.39, 0.29) is 11.9 Å². The molecule has 0 fully saturated rings. The number of alkyl halides is 1. The Labute approximate surface area is 110 Å². The lowest BCUT2D eigenvalue weighted by Gasteiger charge is -2.16. The summed E-state index contributed by atoms with van der Waals surface area (Å²) in [6.45, 7) is 2.38. The number of carbonyl (C=O) groups excluding carboxylic acids is 1. The van der Waals surface area contributed by atoms with Gasteiger partial charge < -0.3 is 10.1 Å². The molecule has 0 aliphatic rings. The van der Waals surface area contributed by atoms with Crippen LogP contribution in [0.4, 0.5) is 0 Å². The van der Waals surface area contributed by atoms with E-state index in [1.807, 2.05) is 14.0 Å². The monoisotopic (exact) mass is 303 g/mol. The number of aryl methyl sites for hydroxylation is 1. The van der Waals surface area contributed by atoms with E-state index >= 15 is 0 Å². The van der Waals surface area contributed by atoms with Crippen LogP contribution in [0.1, 0.15) is 22.5 Å². The quantitative estimate of drug-likeness (QED) is 0.805. The zero-order chi connectivity index (χ0) is 12.8. The predicted molar refractivity (Wildman–Crippen MR) is 69.5 cm³/mol. The fourth-order valence-corrected chi connectivity index (χ4v) is 2.07. The van der Waals surface area contributed by atoms with Crippen molar-refractivity contribution in [1.29, 1.82) is 0 Å². The molecule has 0 aliphatic heterocycles. The van der Waals surface area contributed by atoms with Crippen molar-refractivity contribution < 1.29 is 9.53 Å². The van der Waals surface area contributed by atoms with Crippen LogP contribution in [0.2, 0.25) is 0 Å². The SMILES string of the molecule is COCC(CCBr)NC(=O)c1cnn(C)c1C. The highest BCUT2D eigenvalue weighted by Crippen LogP contribution is 2.06. The Hall–Kier alpha value is -0.880. The standard InChI is InChI=1S/C11H18BrN3O2/c1-8-10(6-13-15(8)2)11(16)14-9(4-5-12)7-17-3/h6,9H,4-5,7H2,1-3H3,(H,14,16). The number of rotatable bonds is 6. The Bertz CT molecular complexity index is 373. The van der Waals surface area contributed by atoms with Crippen molar-refractivity contribution in [2.45, 2.75) is 19.4 Å². The van der Waals surface area contributed by atoms with Crippen molar-refractivity contribution >= 4 is 21.8 Å². The van der Waals surface area contributed by atoms with Gasteiger partial charge in [-0.05, 0) is 13.3 Å². The normalized spacial score (nSPS) is 12.5. The molecule has 1 atom stereocenters. The Morgan fingerprint density at radius 3 is 2.88 bits per heavy atom.